The van der Waals surface area contributed by atoms with Crippen molar-refractivity contribution in [1.82, 2.24) is 0 Å². The first-order valence-corrected chi connectivity index (χ1v) is 6.13. The number of halogens is 1. The van der Waals surface area contributed by atoms with Crippen LogP contribution in [0.15, 0.2) is 12.1 Å². The molecule has 0 aromatic heterocycles. The lowest BCUT2D eigenvalue weighted by Crippen LogP contribution is -2.15. The Labute approximate surface area is 111 Å². The van der Waals surface area contributed by atoms with Gasteiger partial charge in [-0.3, -0.25) is 0 Å². The van der Waals surface area contributed by atoms with E-state index in [-0.39, 0.29) is 6.61 Å². The van der Waals surface area contributed by atoms with Crippen molar-refractivity contribution in [3.8, 4) is 5.75 Å². The minimum atomic E-state index is -1.35. The van der Waals surface area contributed by atoms with Crippen molar-refractivity contribution in [3.63, 3.8) is 0 Å². The van der Waals surface area contributed by atoms with E-state index in [0.717, 1.165) is 5.56 Å². The Balaban J connectivity index is 3.11. The van der Waals surface area contributed by atoms with E-state index in [4.69, 9.17) is 21.1 Å². The summed E-state index contributed by atoms with van der Waals surface area (Å²) in [6.45, 7) is 3.84. The zero-order valence-corrected chi connectivity index (χ0v) is 11.5. The van der Waals surface area contributed by atoms with Crippen molar-refractivity contribution >= 4 is 17.6 Å². The molecule has 100 valence electrons. The van der Waals surface area contributed by atoms with Crippen LogP contribution in [0.5, 0.6) is 5.75 Å². The van der Waals surface area contributed by atoms with E-state index in [1.807, 2.05) is 6.92 Å². The number of hydrogen-bond donors (Lipinski definition) is 1. The molecule has 0 saturated carbocycles. The second-order valence-electron chi connectivity index (χ2n) is 3.69. The monoisotopic (exact) mass is 272 g/mol. The van der Waals surface area contributed by atoms with E-state index >= 15 is 0 Å². The molecule has 0 saturated heterocycles. The summed E-state index contributed by atoms with van der Waals surface area (Å²) in [6, 6.07) is 3.16. The Morgan fingerprint density at radius 3 is 2.61 bits per heavy atom. The van der Waals surface area contributed by atoms with Crippen LogP contribution in [-0.2, 0) is 16.0 Å². The molecule has 1 atom stereocenters. The third-order valence-corrected chi connectivity index (χ3v) is 2.91. The first-order chi connectivity index (χ1) is 8.54. The minimum absolute atomic E-state index is 0.216. The van der Waals surface area contributed by atoms with Crippen molar-refractivity contribution in [1.29, 1.82) is 0 Å². The van der Waals surface area contributed by atoms with Crippen molar-refractivity contribution in [2.24, 2.45) is 0 Å². The van der Waals surface area contributed by atoms with Gasteiger partial charge in [0.15, 0.2) is 6.10 Å². The van der Waals surface area contributed by atoms with Gasteiger partial charge in [-0.2, -0.15) is 0 Å². The molecule has 5 heteroatoms. The summed E-state index contributed by atoms with van der Waals surface area (Å²) in [6.07, 6.45) is -0.639. The maximum absolute atomic E-state index is 11.5. The van der Waals surface area contributed by atoms with Gasteiger partial charge in [0.25, 0.3) is 0 Å². The number of rotatable bonds is 5. The zero-order valence-electron chi connectivity index (χ0n) is 10.7. The number of aliphatic hydroxyl groups excluding tert-OH is 1. The number of ether oxygens (including phenoxy) is 2. The highest BCUT2D eigenvalue weighted by molar-refractivity contribution is 6.31. The Hall–Kier alpha value is -1.26. The van der Waals surface area contributed by atoms with Crippen LogP contribution >= 0.6 is 11.6 Å². The number of hydrogen-bond acceptors (Lipinski definition) is 4. The van der Waals surface area contributed by atoms with Crippen LogP contribution in [0.1, 0.15) is 31.1 Å². The third-order valence-electron chi connectivity index (χ3n) is 2.58. The topological polar surface area (TPSA) is 55.8 Å². The summed E-state index contributed by atoms with van der Waals surface area (Å²) in [4.78, 5) is 11.5. The number of benzene rings is 1. The lowest BCUT2D eigenvalue weighted by Gasteiger charge is -2.14. The quantitative estimate of drug-likeness (QED) is 0.837. The molecular weight excluding hydrogens is 256 g/mol. The van der Waals surface area contributed by atoms with Gasteiger partial charge in [0.2, 0.25) is 0 Å². The molecule has 4 nitrogen and oxygen atoms in total. The fourth-order valence-electron chi connectivity index (χ4n) is 1.67. The van der Waals surface area contributed by atoms with Crippen molar-refractivity contribution in [3.05, 3.63) is 28.3 Å². The second kappa shape index (κ2) is 6.61. The molecule has 0 bridgehead atoms. The summed E-state index contributed by atoms with van der Waals surface area (Å²) < 4.78 is 9.96. The lowest BCUT2D eigenvalue weighted by molar-refractivity contribution is -0.153. The molecular formula is C13H17ClO4. The van der Waals surface area contributed by atoms with Gasteiger partial charge in [-0.25, -0.2) is 4.79 Å². The van der Waals surface area contributed by atoms with E-state index in [0.29, 0.717) is 22.8 Å². The smallest absolute Gasteiger partial charge is 0.339 e. The molecule has 0 spiro atoms. The molecule has 1 unspecified atom stereocenters. The predicted molar refractivity (Wildman–Crippen MR) is 69.0 cm³/mol. The number of methoxy groups -OCH3 is 1. The van der Waals surface area contributed by atoms with Gasteiger partial charge < -0.3 is 14.6 Å². The third kappa shape index (κ3) is 3.15. The number of aliphatic hydroxyl groups is 1. The van der Waals surface area contributed by atoms with Crippen molar-refractivity contribution in [2.75, 3.05) is 13.7 Å². The van der Waals surface area contributed by atoms with Crippen LogP contribution in [-0.4, -0.2) is 24.8 Å². The summed E-state index contributed by atoms with van der Waals surface area (Å²) in [5.41, 5.74) is 1.21. The second-order valence-corrected chi connectivity index (χ2v) is 4.10. The lowest BCUT2D eigenvalue weighted by atomic mass is 10.0. The maximum Gasteiger partial charge on any atom is 0.339 e. The van der Waals surface area contributed by atoms with Crippen LogP contribution in [0.25, 0.3) is 0 Å². The van der Waals surface area contributed by atoms with Crippen molar-refractivity contribution in [2.45, 2.75) is 26.4 Å². The number of esters is 1. The molecule has 0 heterocycles. The molecule has 1 rings (SSSR count). The highest BCUT2D eigenvalue weighted by Crippen LogP contribution is 2.31. The van der Waals surface area contributed by atoms with Gasteiger partial charge >= 0.3 is 5.97 Å². The first kappa shape index (κ1) is 14.8. The summed E-state index contributed by atoms with van der Waals surface area (Å²) in [5.74, 6) is -0.136. The van der Waals surface area contributed by atoms with Gasteiger partial charge in [-0.1, -0.05) is 18.5 Å². The molecule has 1 aromatic rings. The molecule has 18 heavy (non-hydrogen) atoms. The fraction of sp³-hybridized carbons (Fsp3) is 0.462. The Kier molecular flexibility index (Phi) is 5.44. The minimum Gasteiger partial charge on any atom is -0.496 e. The fourth-order valence-corrected chi connectivity index (χ4v) is 2.02. The maximum atomic E-state index is 11.5. The van der Waals surface area contributed by atoms with E-state index in [2.05, 4.69) is 0 Å². The molecule has 0 fully saturated rings. The Morgan fingerprint density at radius 2 is 2.11 bits per heavy atom. The number of carbonyl (C=O) groups excluding carboxylic acids is 1. The highest BCUT2D eigenvalue weighted by Gasteiger charge is 2.21. The summed E-state index contributed by atoms with van der Waals surface area (Å²) in [7, 11) is 1.52. The number of carbonyl (C=O) groups is 1. The van der Waals surface area contributed by atoms with Gasteiger partial charge in [0, 0.05) is 10.6 Å². The van der Waals surface area contributed by atoms with Crippen LogP contribution < -0.4 is 4.74 Å². The normalized spacial score (nSPS) is 12.1. The van der Waals surface area contributed by atoms with Gasteiger partial charge in [0.05, 0.1) is 13.7 Å². The van der Waals surface area contributed by atoms with Crippen LogP contribution in [0, 0.1) is 0 Å². The predicted octanol–water partition coefficient (Wildman–Crippen LogP) is 2.51. The van der Waals surface area contributed by atoms with E-state index in [1.54, 1.807) is 19.1 Å². The largest absolute Gasteiger partial charge is 0.496 e. The summed E-state index contributed by atoms with van der Waals surface area (Å²) >= 11 is 6.10. The van der Waals surface area contributed by atoms with E-state index in [9.17, 15) is 9.90 Å². The molecule has 0 aliphatic rings. The Morgan fingerprint density at radius 1 is 1.44 bits per heavy atom. The highest BCUT2D eigenvalue weighted by atomic mass is 35.5. The van der Waals surface area contributed by atoms with Crippen LogP contribution in [0.4, 0.5) is 0 Å². The molecule has 0 radical (unpaired) electrons. The van der Waals surface area contributed by atoms with Gasteiger partial charge in [0.1, 0.15) is 5.75 Å². The average molecular weight is 273 g/mol. The first-order valence-electron chi connectivity index (χ1n) is 5.76. The molecule has 0 aliphatic carbocycles. The van der Waals surface area contributed by atoms with Crippen LogP contribution in [0.2, 0.25) is 5.02 Å². The van der Waals surface area contributed by atoms with E-state index in [1.165, 1.54) is 7.11 Å². The molecule has 1 aromatic carbocycles. The van der Waals surface area contributed by atoms with Gasteiger partial charge in [-0.15, -0.1) is 0 Å². The van der Waals surface area contributed by atoms with Gasteiger partial charge in [-0.05, 0) is 31.0 Å². The standard InChI is InChI=1S/C13H17ClO4/c1-4-9-10(14)6-8(7-11(9)17-3)12(15)13(16)18-5-2/h6-7,12,15H,4-5H2,1-3H3. The Bertz CT molecular complexity index is 431. The van der Waals surface area contributed by atoms with Crippen LogP contribution in [0.3, 0.4) is 0 Å². The average Bonchev–Trinajstić information content (AvgIpc) is 2.36. The van der Waals surface area contributed by atoms with E-state index < -0.39 is 12.1 Å². The zero-order chi connectivity index (χ0) is 13.7. The SMILES string of the molecule is CCOC(=O)C(O)c1cc(Cl)c(CC)c(OC)c1. The molecule has 0 amide bonds. The van der Waals surface area contributed by atoms with Crippen molar-refractivity contribution < 1.29 is 19.4 Å². The molecule has 0 aliphatic heterocycles. The molecule has 1 N–H and O–H groups in total. The summed E-state index contributed by atoms with van der Waals surface area (Å²) in [5, 5.41) is 10.3.